The molecule has 1 atom stereocenters. The van der Waals surface area contributed by atoms with Gasteiger partial charge in [-0.25, -0.2) is 8.42 Å². The first-order valence-electron chi connectivity index (χ1n) is 6.55. The van der Waals surface area contributed by atoms with Crippen LogP contribution in [-0.2, 0) is 15.3 Å². The smallest absolute Gasteiger partial charge is 0.151 e. The summed E-state index contributed by atoms with van der Waals surface area (Å²) < 4.78 is 24.6. The third-order valence-corrected chi connectivity index (χ3v) is 5.65. The number of allylic oxidation sites excluding steroid dienone is 1. The van der Waals surface area contributed by atoms with E-state index >= 15 is 0 Å². The zero-order chi connectivity index (χ0) is 14.7. The van der Waals surface area contributed by atoms with Crippen molar-refractivity contribution in [3.63, 3.8) is 0 Å². The van der Waals surface area contributed by atoms with Gasteiger partial charge in [-0.15, -0.1) is 0 Å². The van der Waals surface area contributed by atoms with Gasteiger partial charge >= 0.3 is 0 Å². The van der Waals surface area contributed by atoms with Crippen molar-refractivity contribution in [1.29, 1.82) is 0 Å². The van der Waals surface area contributed by atoms with Gasteiger partial charge in [-0.3, -0.25) is 0 Å². The Hall–Kier alpha value is -1.09. The van der Waals surface area contributed by atoms with Crippen molar-refractivity contribution in [2.24, 2.45) is 5.92 Å². The normalized spacial score (nSPS) is 14.1. The van der Waals surface area contributed by atoms with Crippen LogP contribution in [0.3, 0.4) is 0 Å². The van der Waals surface area contributed by atoms with Crippen LogP contribution in [0.15, 0.2) is 42.5 Å². The molecular formula is C16H24O2S. The van der Waals surface area contributed by atoms with Crippen molar-refractivity contribution in [3.8, 4) is 0 Å². The Balaban J connectivity index is 2.86. The van der Waals surface area contributed by atoms with Gasteiger partial charge in [0.25, 0.3) is 0 Å². The van der Waals surface area contributed by atoms with E-state index in [2.05, 4.69) is 6.58 Å². The highest BCUT2D eigenvalue weighted by atomic mass is 32.2. The van der Waals surface area contributed by atoms with Crippen LogP contribution in [0.5, 0.6) is 0 Å². The maximum atomic E-state index is 12.3. The van der Waals surface area contributed by atoms with Gasteiger partial charge in [-0.1, -0.05) is 63.3 Å². The van der Waals surface area contributed by atoms with Crippen molar-refractivity contribution in [2.45, 2.75) is 33.1 Å². The second-order valence-corrected chi connectivity index (χ2v) is 8.16. The van der Waals surface area contributed by atoms with E-state index in [9.17, 15) is 8.42 Å². The molecule has 0 aliphatic heterocycles. The van der Waals surface area contributed by atoms with E-state index in [-0.39, 0.29) is 22.8 Å². The topological polar surface area (TPSA) is 34.1 Å². The minimum atomic E-state index is -3.09. The molecule has 0 N–H and O–H groups in total. The molecule has 0 bridgehead atoms. The fraction of sp³-hybridized carbons (Fsp3) is 0.500. The van der Waals surface area contributed by atoms with Crippen LogP contribution in [0.1, 0.15) is 33.3 Å². The van der Waals surface area contributed by atoms with Crippen LogP contribution < -0.4 is 0 Å². The zero-order valence-corrected chi connectivity index (χ0v) is 13.1. The largest absolute Gasteiger partial charge is 0.229 e. The summed E-state index contributed by atoms with van der Waals surface area (Å²) >= 11 is 0. The molecule has 1 aromatic rings. The first-order valence-corrected chi connectivity index (χ1v) is 8.37. The summed E-state index contributed by atoms with van der Waals surface area (Å²) in [5, 5.41) is 0. The highest BCUT2D eigenvalue weighted by Crippen LogP contribution is 2.26. The second kappa shape index (κ2) is 5.91. The van der Waals surface area contributed by atoms with Crippen molar-refractivity contribution in [1.82, 2.24) is 0 Å². The molecular weight excluding hydrogens is 256 g/mol. The van der Waals surface area contributed by atoms with E-state index in [0.29, 0.717) is 0 Å². The Labute approximate surface area is 117 Å². The molecule has 0 fully saturated rings. The van der Waals surface area contributed by atoms with E-state index in [1.807, 2.05) is 58.0 Å². The van der Waals surface area contributed by atoms with Crippen LogP contribution in [-0.4, -0.2) is 19.9 Å². The quantitative estimate of drug-likeness (QED) is 0.746. The fourth-order valence-corrected chi connectivity index (χ4v) is 4.53. The average molecular weight is 280 g/mol. The van der Waals surface area contributed by atoms with Gasteiger partial charge in [0.2, 0.25) is 0 Å². The summed E-state index contributed by atoms with van der Waals surface area (Å²) in [6, 6.07) is 9.80. The highest BCUT2D eigenvalue weighted by molar-refractivity contribution is 7.91. The van der Waals surface area contributed by atoms with Crippen LogP contribution in [0.25, 0.3) is 0 Å². The molecule has 0 aliphatic rings. The number of hydrogen-bond acceptors (Lipinski definition) is 2. The van der Waals surface area contributed by atoms with E-state index < -0.39 is 9.84 Å². The molecule has 2 nitrogen and oxygen atoms in total. The standard InChI is InChI=1S/C16H24O2S/c1-13(2)14(3)11-19(17,18)12-16(4,5)15-9-7-6-8-10-15/h6-10,14H,1,11-12H2,2-5H3. The van der Waals surface area contributed by atoms with Crippen molar-refractivity contribution < 1.29 is 8.42 Å². The lowest BCUT2D eigenvalue weighted by molar-refractivity contribution is 0.542. The molecule has 0 amide bonds. The molecule has 19 heavy (non-hydrogen) atoms. The Bertz CT molecular complexity index is 527. The molecule has 0 spiro atoms. The lowest BCUT2D eigenvalue weighted by atomic mass is 9.87. The molecule has 0 aromatic heterocycles. The van der Waals surface area contributed by atoms with E-state index in [4.69, 9.17) is 0 Å². The van der Waals surface area contributed by atoms with E-state index in [0.717, 1.165) is 11.1 Å². The zero-order valence-electron chi connectivity index (χ0n) is 12.3. The molecule has 3 heteroatoms. The fourth-order valence-electron chi connectivity index (χ4n) is 2.10. The average Bonchev–Trinajstić information content (AvgIpc) is 2.27. The molecule has 0 saturated carbocycles. The Morgan fingerprint density at radius 2 is 1.79 bits per heavy atom. The number of rotatable bonds is 6. The number of benzene rings is 1. The first kappa shape index (κ1) is 16.0. The summed E-state index contributed by atoms with van der Waals surface area (Å²) in [6.07, 6.45) is 0. The van der Waals surface area contributed by atoms with Gasteiger partial charge in [0, 0.05) is 5.41 Å². The summed E-state index contributed by atoms with van der Waals surface area (Å²) in [4.78, 5) is 0. The molecule has 1 aromatic carbocycles. The van der Waals surface area contributed by atoms with Crippen molar-refractivity contribution in [3.05, 3.63) is 48.0 Å². The molecule has 1 rings (SSSR count). The Kier molecular flexibility index (Phi) is 4.97. The van der Waals surface area contributed by atoms with Gasteiger partial charge < -0.3 is 0 Å². The number of sulfone groups is 1. The van der Waals surface area contributed by atoms with Gasteiger partial charge in [-0.05, 0) is 18.4 Å². The van der Waals surface area contributed by atoms with Crippen LogP contribution in [0.4, 0.5) is 0 Å². The third kappa shape index (κ3) is 4.83. The van der Waals surface area contributed by atoms with Gasteiger partial charge in [0.05, 0.1) is 11.5 Å². The van der Waals surface area contributed by atoms with Gasteiger partial charge in [0.1, 0.15) is 0 Å². The van der Waals surface area contributed by atoms with Crippen molar-refractivity contribution >= 4 is 9.84 Å². The Morgan fingerprint density at radius 1 is 1.26 bits per heavy atom. The maximum Gasteiger partial charge on any atom is 0.151 e. The molecule has 1 unspecified atom stereocenters. The second-order valence-electron chi connectivity index (χ2n) is 6.05. The predicted octanol–water partition coefficient (Wildman–Crippen LogP) is 3.59. The summed E-state index contributed by atoms with van der Waals surface area (Å²) in [5.41, 5.74) is 1.61. The number of hydrogen-bond donors (Lipinski definition) is 0. The van der Waals surface area contributed by atoms with E-state index in [1.54, 1.807) is 0 Å². The van der Waals surface area contributed by atoms with Crippen LogP contribution in [0, 0.1) is 5.92 Å². The third-order valence-electron chi connectivity index (χ3n) is 3.48. The predicted molar refractivity (Wildman–Crippen MR) is 82.1 cm³/mol. The summed E-state index contributed by atoms with van der Waals surface area (Å²) in [7, 11) is -3.09. The summed E-state index contributed by atoms with van der Waals surface area (Å²) in [5.74, 6) is 0.358. The van der Waals surface area contributed by atoms with Crippen LogP contribution >= 0.6 is 0 Å². The van der Waals surface area contributed by atoms with Gasteiger partial charge in [0.15, 0.2) is 9.84 Å². The molecule has 106 valence electrons. The highest BCUT2D eigenvalue weighted by Gasteiger charge is 2.29. The minimum absolute atomic E-state index is 0.0107. The van der Waals surface area contributed by atoms with Crippen LogP contribution in [0.2, 0.25) is 0 Å². The SMILES string of the molecule is C=C(C)C(C)CS(=O)(=O)CC(C)(C)c1ccccc1. The lowest BCUT2D eigenvalue weighted by Crippen LogP contribution is -2.31. The first-order chi connectivity index (χ1) is 8.64. The molecule has 0 radical (unpaired) electrons. The Morgan fingerprint density at radius 3 is 2.26 bits per heavy atom. The molecule has 0 heterocycles. The molecule has 0 aliphatic carbocycles. The minimum Gasteiger partial charge on any atom is -0.229 e. The maximum absolute atomic E-state index is 12.3. The summed E-state index contributed by atoms with van der Waals surface area (Å²) in [6.45, 7) is 11.6. The monoisotopic (exact) mass is 280 g/mol. The molecule has 0 saturated heterocycles. The van der Waals surface area contributed by atoms with Crippen molar-refractivity contribution in [2.75, 3.05) is 11.5 Å². The lowest BCUT2D eigenvalue weighted by Gasteiger charge is -2.26. The van der Waals surface area contributed by atoms with Gasteiger partial charge in [-0.2, -0.15) is 0 Å². The van der Waals surface area contributed by atoms with E-state index in [1.165, 1.54) is 0 Å².